The monoisotopic (exact) mass is 499 g/mol. The lowest BCUT2D eigenvalue weighted by molar-refractivity contribution is 0.102. The standard InChI is InChI=1S/C22H22ClN7O3S/c1-29(2)19-10-4-9-18-17(19)8-5-11-20(18)34(32,33)24-12-13-30-22(26-27-28-30)25-21(31)15-6-3-7-16(23)14-15/h3-11,14,24H,12-13H2,1-2H3,(H,25,26,28,31). The van der Waals surface area contributed by atoms with Crippen molar-refractivity contribution in [2.24, 2.45) is 0 Å². The van der Waals surface area contributed by atoms with Crippen LogP contribution in [0.3, 0.4) is 0 Å². The number of carbonyl (C=O) groups excluding carboxylic acids is 1. The predicted octanol–water partition coefficient (Wildman–Crippen LogP) is 2.78. The minimum atomic E-state index is -3.82. The molecule has 34 heavy (non-hydrogen) atoms. The van der Waals surface area contributed by atoms with Gasteiger partial charge in [-0.3, -0.25) is 10.1 Å². The summed E-state index contributed by atoms with van der Waals surface area (Å²) in [6, 6.07) is 17.2. The minimum absolute atomic E-state index is 0.0111. The molecule has 0 unspecified atom stereocenters. The lowest BCUT2D eigenvalue weighted by Crippen LogP contribution is -2.28. The van der Waals surface area contributed by atoms with Gasteiger partial charge in [0.05, 0.1) is 11.4 Å². The van der Waals surface area contributed by atoms with E-state index in [1.807, 2.05) is 37.2 Å². The Labute approximate surface area is 201 Å². The summed E-state index contributed by atoms with van der Waals surface area (Å²) in [7, 11) is -0.00695. The summed E-state index contributed by atoms with van der Waals surface area (Å²) in [4.78, 5) is 14.6. The highest BCUT2D eigenvalue weighted by Crippen LogP contribution is 2.30. The molecule has 0 atom stereocenters. The normalized spacial score (nSPS) is 11.5. The van der Waals surface area contributed by atoms with E-state index in [1.165, 1.54) is 10.7 Å². The highest BCUT2D eigenvalue weighted by molar-refractivity contribution is 7.89. The van der Waals surface area contributed by atoms with E-state index in [-0.39, 0.29) is 23.9 Å². The Morgan fingerprint density at radius 1 is 1.06 bits per heavy atom. The molecule has 0 saturated heterocycles. The highest BCUT2D eigenvalue weighted by Gasteiger charge is 2.19. The van der Waals surface area contributed by atoms with Crippen LogP contribution in [0.4, 0.5) is 11.6 Å². The first-order valence-electron chi connectivity index (χ1n) is 10.3. The molecule has 4 rings (SSSR count). The van der Waals surface area contributed by atoms with Gasteiger partial charge in [0.25, 0.3) is 5.91 Å². The summed E-state index contributed by atoms with van der Waals surface area (Å²) in [5, 5.41) is 15.7. The number of benzene rings is 3. The van der Waals surface area contributed by atoms with E-state index in [4.69, 9.17) is 11.6 Å². The van der Waals surface area contributed by atoms with Crippen molar-refractivity contribution in [2.45, 2.75) is 11.4 Å². The maximum Gasteiger partial charge on any atom is 0.258 e. The molecule has 12 heteroatoms. The third-order valence-corrected chi connectivity index (χ3v) is 6.84. The van der Waals surface area contributed by atoms with E-state index in [9.17, 15) is 13.2 Å². The van der Waals surface area contributed by atoms with E-state index in [2.05, 4.69) is 25.6 Å². The van der Waals surface area contributed by atoms with E-state index < -0.39 is 15.9 Å². The van der Waals surface area contributed by atoms with E-state index >= 15 is 0 Å². The maximum atomic E-state index is 13.1. The maximum absolute atomic E-state index is 13.1. The SMILES string of the molecule is CN(C)c1cccc2c(S(=O)(=O)NCCn3nnnc3NC(=O)c3cccc(Cl)c3)cccc12. The highest BCUT2D eigenvalue weighted by atomic mass is 35.5. The number of tetrazole rings is 1. The summed E-state index contributed by atoms with van der Waals surface area (Å²) in [6.45, 7) is 0.113. The van der Waals surface area contributed by atoms with Gasteiger partial charge in [-0.1, -0.05) is 47.0 Å². The van der Waals surface area contributed by atoms with Crippen molar-refractivity contribution in [3.8, 4) is 0 Å². The molecule has 0 aliphatic heterocycles. The number of carbonyl (C=O) groups is 1. The van der Waals surface area contributed by atoms with Crippen molar-refractivity contribution in [3.63, 3.8) is 0 Å². The minimum Gasteiger partial charge on any atom is -0.377 e. The van der Waals surface area contributed by atoms with Crippen LogP contribution in [0.1, 0.15) is 10.4 Å². The molecule has 0 aliphatic carbocycles. The molecule has 0 saturated carbocycles. The zero-order chi connectivity index (χ0) is 24.3. The molecular formula is C22H22ClN7O3S. The van der Waals surface area contributed by atoms with Crippen molar-refractivity contribution in [1.29, 1.82) is 0 Å². The summed E-state index contributed by atoms with van der Waals surface area (Å²) in [5.41, 5.74) is 1.26. The van der Waals surface area contributed by atoms with Crippen LogP contribution in [0, 0.1) is 0 Å². The van der Waals surface area contributed by atoms with Crippen molar-refractivity contribution in [2.75, 3.05) is 30.9 Å². The number of rotatable bonds is 8. The number of fused-ring (bicyclic) bond motifs is 1. The lowest BCUT2D eigenvalue weighted by Gasteiger charge is -2.17. The first-order valence-corrected chi connectivity index (χ1v) is 12.1. The fraction of sp³-hybridized carbons (Fsp3) is 0.182. The van der Waals surface area contributed by atoms with Crippen LogP contribution in [0.5, 0.6) is 0 Å². The molecule has 3 aromatic carbocycles. The number of anilines is 2. The van der Waals surface area contributed by atoms with Gasteiger partial charge in [-0.05, 0) is 40.8 Å². The van der Waals surface area contributed by atoms with Crippen molar-refractivity contribution in [1.82, 2.24) is 24.9 Å². The Balaban J connectivity index is 1.47. The van der Waals surface area contributed by atoms with Gasteiger partial charge < -0.3 is 4.90 Å². The number of nitrogens with zero attached hydrogens (tertiary/aromatic N) is 5. The second kappa shape index (κ2) is 9.75. The quantitative estimate of drug-likeness (QED) is 0.382. The van der Waals surface area contributed by atoms with Crippen LogP contribution in [0.15, 0.2) is 65.6 Å². The van der Waals surface area contributed by atoms with Gasteiger partial charge in [0.1, 0.15) is 0 Å². The molecular weight excluding hydrogens is 478 g/mol. The molecule has 1 heterocycles. The fourth-order valence-corrected chi connectivity index (χ4v) is 4.93. The van der Waals surface area contributed by atoms with E-state index in [1.54, 1.807) is 36.4 Å². The van der Waals surface area contributed by atoms with Crippen LogP contribution in [0.25, 0.3) is 10.8 Å². The Kier molecular flexibility index (Phi) is 6.77. The van der Waals surface area contributed by atoms with Gasteiger partial charge in [0.2, 0.25) is 16.0 Å². The molecule has 0 radical (unpaired) electrons. The number of amides is 1. The molecule has 1 aromatic heterocycles. The number of aromatic nitrogens is 4. The fourth-order valence-electron chi connectivity index (χ4n) is 3.50. The first-order chi connectivity index (χ1) is 16.3. The second-order valence-corrected chi connectivity index (χ2v) is 9.78. The molecule has 4 aromatic rings. The summed E-state index contributed by atoms with van der Waals surface area (Å²) >= 11 is 5.93. The predicted molar refractivity (Wildman–Crippen MR) is 131 cm³/mol. The summed E-state index contributed by atoms with van der Waals surface area (Å²) in [5.74, 6) is -0.350. The smallest absolute Gasteiger partial charge is 0.258 e. The average Bonchev–Trinajstić information content (AvgIpc) is 3.24. The third-order valence-electron chi connectivity index (χ3n) is 5.09. The number of nitrogens with one attached hydrogen (secondary N) is 2. The first kappa shape index (κ1) is 23.6. The topological polar surface area (TPSA) is 122 Å². The lowest BCUT2D eigenvalue weighted by atomic mass is 10.1. The molecule has 176 valence electrons. The Morgan fingerprint density at radius 2 is 1.79 bits per heavy atom. The number of halogens is 1. The molecule has 2 N–H and O–H groups in total. The molecule has 0 aliphatic rings. The Morgan fingerprint density at radius 3 is 2.56 bits per heavy atom. The van der Waals surface area contributed by atoms with Crippen LogP contribution in [0.2, 0.25) is 5.02 Å². The van der Waals surface area contributed by atoms with Crippen LogP contribution >= 0.6 is 11.6 Å². The molecule has 0 bridgehead atoms. The summed E-state index contributed by atoms with van der Waals surface area (Å²) < 4.78 is 30.0. The number of hydrogen-bond donors (Lipinski definition) is 2. The van der Waals surface area contributed by atoms with Crippen LogP contribution in [-0.2, 0) is 16.6 Å². The van der Waals surface area contributed by atoms with Crippen molar-refractivity contribution in [3.05, 3.63) is 71.2 Å². The van der Waals surface area contributed by atoms with Gasteiger partial charge in [-0.15, -0.1) is 0 Å². The van der Waals surface area contributed by atoms with Gasteiger partial charge in [0.15, 0.2) is 0 Å². The number of hydrogen-bond acceptors (Lipinski definition) is 7. The van der Waals surface area contributed by atoms with E-state index in [0.717, 1.165) is 11.1 Å². The van der Waals surface area contributed by atoms with Gasteiger partial charge >= 0.3 is 0 Å². The zero-order valence-corrected chi connectivity index (χ0v) is 20.0. The second-order valence-electron chi connectivity index (χ2n) is 7.61. The van der Waals surface area contributed by atoms with Gasteiger partial charge in [0, 0.05) is 47.7 Å². The largest absolute Gasteiger partial charge is 0.377 e. The molecule has 10 nitrogen and oxygen atoms in total. The zero-order valence-electron chi connectivity index (χ0n) is 18.4. The van der Waals surface area contributed by atoms with Crippen LogP contribution < -0.4 is 14.9 Å². The van der Waals surface area contributed by atoms with Gasteiger partial charge in [-0.2, -0.15) is 0 Å². The molecule has 0 fully saturated rings. The van der Waals surface area contributed by atoms with Gasteiger partial charge in [-0.25, -0.2) is 17.8 Å². The third kappa shape index (κ3) is 5.01. The van der Waals surface area contributed by atoms with Crippen molar-refractivity contribution >= 4 is 49.9 Å². The summed E-state index contributed by atoms with van der Waals surface area (Å²) in [6.07, 6.45) is 0. The number of sulfonamides is 1. The van der Waals surface area contributed by atoms with E-state index in [0.29, 0.717) is 16.0 Å². The Bertz CT molecular complexity index is 1450. The molecule has 0 spiro atoms. The van der Waals surface area contributed by atoms with Crippen molar-refractivity contribution < 1.29 is 13.2 Å². The molecule has 1 amide bonds. The van der Waals surface area contributed by atoms with Crippen LogP contribution in [-0.4, -0.2) is 55.2 Å². The average molecular weight is 500 g/mol. The Hall–Kier alpha value is -3.54.